The van der Waals surface area contributed by atoms with Crippen molar-refractivity contribution in [3.63, 3.8) is 0 Å². The lowest BCUT2D eigenvalue weighted by Gasteiger charge is -2.32. The van der Waals surface area contributed by atoms with Crippen molar-refractivity contribution in [3.8, 4) is 0 Å². The van der Waals surface area contributed by atoms with Crippen molar-refractivity contribution < 1.29 is 4.79 Å². The summed E-state index contributed by atoms with van der Waals surface area (Å²) in [6.45, 7) is 3.10. The lowest BCUT2D eigenvalue weighted by molar-refractivity contribution is -0.132. The van der Waals surface area contributed by atoms with Crippen LogP contribution in [0.1, 0.15) is 42.5 Å². The molecule has 28 heavy (non-hydrogen) atoms. The molecule has 1 amide bonds. The summed E-state index contributed by atoms with van der Waals surface area (Å²) < 4.78 is 1.63. The van der Waals surface area contributed by atoms with Gasteiger partial charge in [0.25, 0.3) is 5.56 Å². The van der Waals surface area contributed by atoms with Crippen LogP contribution >= 0.6 is 23.7 Å². The minimum atomic E-state index is 0. The first-order valence-electron chi connectivity index (χ1n) is 10.1. The largest absolute Gasteiger partial charge is 0.343 e. The van der Waals surface area contributed by atoms with Crippen molar-refractivity contribution in [2.24, 2.45) is 5.92 Å². The smallest absolute Gasteiger partial charge is 0.262 e. The summed E-state index contributed by atoms with van der Waals surface area (Å²) in [4.78, 5) is 34.2. The molecular weight excluding hydrogens is 396 g/mol. The van der Waals surface area contributed by atoms with Crippen molar-refractivity contribution >= 4 is 39.9 Å². The maximum absolute atomic E-state index is 13.0. The van der Waals surface area contributed by atoms with Crippen LogP contribution in [0.2, 0.25) is 0 Å². The van der Waals surface area contributed by atoms with Crippen molar-refractivity contribution in [2.45, 2.75) is 51.5 Å². The van der Waals surface area contributed by atoms with Crippen LogP contribution in [-0.2, 0) is 24.2 Å². The van der Waals surface area contributed by atoms with Gasteiger partial charge in [-0.15, -0.1) is 23.7 Å². The Bertz CT molecular complexity index is 886. The topological polar surface area (TPSA) is 67.2 Å². The molecule has 2 aliphatic rings. The Balaban J connectivity index is 0.00000225. The third-order valence-electron chi connectivity index (χ3n) is 5.97. The standard InChI is InChI=1S/C20H28N4O2S.ClH/c1-21-12-14-6-9-23(10-7-14)17(25)8-11-24-13-22-19-18(20(24)26)15-4-2-3-5-16(15)27-19;/h13-14,21H,2-12H2,1H3;1H. The summed E-state index contributed by atoms with van der Waals surface area (Å²) in [7, 11) is 1.98. The molecule has 2 aromatic heterocycles. The second kappa shape index (κ2) is 9.37. The predicted molar refractivity (Wildman–Crippen MR) is 116 cm³/mol. The second-order valence-corrected chi connectivity index (χ2v) is 8.85. The molecular formula is C20H29ClN4O2S. The molecule has 1 N–H and O–H groups in total. The number of carbonyl (C=O) groups is 1. The van der Waals surface area contributed by atoms with Gasteiger partial charge >= 0.3 is 0 Å². The second-order valence-electron chi connectivity index (χ2n) is 7.77. The number of hydrogen-bond acceptors (Lipinski definition) is 5. The number of fused-ring (bicyclic) bond motifs is 3. The first-order valence-corrected chi connectivity index (χ1v) is 10.9. The number of halogens is 1. The first-order chi connectivity index (χ1) is 13.2. The van der Waals surface area contributed by atoms with E-state index in [9.17, 15) is 9.59 Å². The van der Waals surface area contributed by atoms with Crippen LogP contribution in [0, 0.1) is 5.92 Å². The Morgan fingerprint density at radius 3 is 2.79 bits per heavy atom. The van der Waals surface area contributed by atoms with Crippen LogP contribution < -0.4 is 10.9 Å². The molecule has 3 heterocycles. The van der Waals surface area contributed by atoms with E-state index in [0.29, 0.717) is 18.9 Å². The fourth-order valence-corrected chi connectivity index (χ4v) is 5.61. The fraction of sp³-hybridized carbons (Fsp3) is 0.650. The number of aromatic nitrogens is 2. The van der Waals surface area contributed by atoms with E-state index >= 15 is 0 Å². The van der Waals surface area contributed by atoms with Crippen LogP contribution in [0.4, 0.5) is 0 Å². The Labute approximate surface area is 175 Å². The van der Waals surface area contributed by atoms with Crippen LogP contribution in [0.15, 0.2) is 11.1 Å². The summed E-state index contributed by atoms with van der Waals surface area (Å²) in [6, 6.07) is 0. The molecule has 6 nitrogen and oxygen atoms in total. The fourth-order valence-electron chi connectivity index (χ4n) is 4.39. The molecule has 0 radical (unpaired) electrons. The highest BCUT2D eigenvalue weighted by molar-refractivity contribution is 7.18. The maximum atomic E-state index is 13.0. The summed E-state index contributed by atoms with van der Waals surface area (Å²) in [5.74, 6) is 0.815. The third kappa shape index (κ3) is 4.26. The lowest BCUT2D eigenvalue weighted by atomic mass is 9.96. The van der Waals surface area contributed by atoms with Crippen molar-refractivity contribution in [3.05, 3.63) is 27.1 Å². The molecule has 0 spiro atoms. The van der Waals surface area contributed by atoms with Crippen molar-refractivity contribution in [2.75, 3.05) is 26.7 Å². The van der Waals surface area contributed by atoms with Crippen LogP contribution in [0.5, 0.6) is 0 Å². The molecule has 1 fully saturated rings. The average molecular weight is 425 g/mol. The Morgan fingerprint density at radius 2 is 2.04 bits per heavy atom. The number of thiophene rings is 1. The van der Waals surface area contributed by atoms with Crippen LogP contribution in [-0.4, -0.2) is 47.0 Å². The van der Waals surface area contributed by atoms with E-state index in [1.807, 2.05) is 11.9 Å². The zero-order valence-corrected chi connectivity index (χ0v) is 18.0. The lowest BCUT2D eigenvalue weighted by Crippen LogP contribution is -2.41. The van der Waals surface area contributed by atoms with Crippen LogP contribution in [0.25, 0.3) is 10.2 Å². The Hall–Kier alpha value is -1.44. The molecule has 1 aliphatic carbocycles. The molecule has 4 rings (SSSR count). The molecule has 0 bridgehead atoms. The molecule has 0 saturated carbocycles. The van der Waals surface area contributed by atoms with Gasteiger partial charge in [0, 0.05) is 30.9 Å². The third-order valence-corrected chi connectivity index (χ3v) is 7.17. The monoisotopic (exact) mass is 424 g/mol. The highest BCUT2D eigenvalue weighted by Crippen LogP contribution is 2.33. The normalized spacial score (nSPS) is 17.4. The van der Waals surface area contributed by atoms with Gasteiger partial charge in [-0.2, -0.15) is 0 Å². The van der Waals surface area contributed by atoms with Crippen molar-refractivity contribution in [1.29, 1.82) is 0 Å². The SMILES string of the molecule is CNCC1CCN(C(=O)CCn2cnc3sc4c(c3c2=O)CCCC4)CC1.Cl. The van der Waals surface area contributed by atoms with E-state index in [2.05, 4.69) is 10.3 Å². The first kappa shape index (κ1) is 21.3. The van der Waals surface area contributed by atoms with E-state index in [1.165, 1.54) is 16.9 Å². The number of rotatable bonds is 5. The van der Waals surface area contributed by atoms with E-state index in [-0.39, 0.29) is 23.9 Å². The van der Waals surface area contributed by atoms with Gasteiger partial charge in [0.2, 0.25) is 5.91 Å². The van der Waals surface area contributed by atoms with Crippen molar-refractivity contribution in [1.82, 2.24) is 19.8 Å². The summed E-state index contributed by atoms with van der Waals surface area (Å²) in [5.41, 5.74) is 1.24. The minimum absolute atomic E-state index is 0. The molecule has 1 aliphatic heterocycles. The van der Waals surface area contributed by atoms with Gasteiger partial charge < -0.3 is 10.2 Å². The number of amides is 1. The van der Waals surface area contributed by atoms with E-state index < -0.39 is 0 Å². The van der Waals surface area contributed by atoms with Gasteiger partial charge in [0.1, 0.15) is 4.83 Å². The highest BCUT2D eigenvalue weighted by Gasteiger charge is 2.23. The van der Waals surface area contributed by atoms with Gasteiger partial charge in [-0.25, -0.2) is 4.98 Å². The van der Waals surface area contributed by atoms with Gasteiger partial charge in [-0.1, -0.05) is 0 Å². The number of nitrogens with one attached hydrogen (secondary N) is 1. The molecule has 0 atom stereocenters. The Morgan fingerprint density at radius 1 is 1.29 bits per heavy atom. The number of carbonyl (C=O) groups excluding carboxylic acids is 1. The summed E-state index contributed by atoms with van der Waals surface area (Å²) in [5, 5.41) is 4.02. The Kier molecular flexibility index (Phi) is 7.12. The number of likely N-dealkylation sites (tertiary alicyclic amines) is 1. The number of piperidine rings is 1. The van der Waals surface area contributed by atoms with Gasteiger partial charge in [0.15, 0.2) is 0 Å². The molecule has 8 heteroatoms. The van der Waals surface area contributed by atoms with Crippen LogP contribution in [0.3, 0.4) is 0 Å². The molecule has 2 aromatic rings. The highest BCUT2D eigenvalue weighted by atomic mass is 35.5. The number of hydrogen-bond donors (Lipinski definition) is 1. The molecule has 154 valence electrons. The zero-order valence-electron chi connectivity index (χ0n) is 16.4. The zero-order chi connectivity index (χ0) is 18.8. The maximum Gasteiger partial charge on any atom is 0.262 e. The van der Waals surface area contributed by atoms with E-state index in [1.54, 1.807) is 22.2 Å². The van der Waals surface area contributed by atoms with E-state index in [0.717, 1.165) is 62.0 Å². The molecule has 1 saturated heterocycles. The molecule has 0 aromatic carbocycles. The molecule has 0 unspecified atom stereocenters. The number of nitrogens with zero attached hydrogens (tertiary/aromatic N) is 3. The average Bonchev–Trinajstić information content (AvgIpc) is 3.07. The van der Waals surface area contributed by atoms with Gasteiger partial charge in [-0.05, 0) is 63.6 Å². The summed E-state index contributed by atoms with van der Waals surface area (Å²) in [6.07, 6.45) is 8.51. The quantitative estimate of drug-likeness (QED) is 0.801. The minimum Gasteiger partial charge on any atom is -0.343 e. The van der Waals surface area contributed by atoms with Gasteiger partial charge in [0.05, 0.1) is 11.7 Å². The number of aryl methyl sites for hydroxylation is 3. The van der Waals surface area contributed by atoms with E-state index in [4.69, 9.17) is 0 Å². The predicted octanol–water partition coefficient (Wildman–Crippen LogP) is 2.61. The summed E-state index contributed by atoms with van der Waals surface area (Å²) >= 11 is 1.67. The van der Waals surface area contributed by atoms with Gasteiger partial charge in [-0.3, -0.25) is 14.2 Å².